The lowest BCUT2D eigenvalue weighted by molar-refractivity contribution is 0.186. The maximum Gasteiger partial charge on any atom is 0.0521 e. The number of rotatable bonds is 4. The normalized spacial score (nSPS) is 12.4. The van der Waals surface area contributed by atoms with Gasteiger partial charge in [0.15, 0.2) is 0 Å². The van der Waals surface area contributed by atoms with Crippen LogP contribution in [-0.2, 0) is 0 Å². The molecule has 1 nitrogen and oxygen atoms in total. The van der Waals surface area contributed by atoms with E-state index < -0.39 is 0 Å². The first-order valence-electron chi connectivity index (χ1n) is 4.76. The fourth-order valence-electron chi connectivity index (χ4n) is 0.819. The van der Waals surface area contributed by atoms with E-state index in [1.54, 1.807) is 6.92 Å². The van der Waals surface area contributed by atoms with Gasteiger partial charge < -0.3 is 5.11 Å². The third kappa shape index (κ3) is 9.52. The molecule has 1 N–H and O–H groups in total. The lowest BCUT2D eigenvalue weighted by Crippen LogP contribution is -1.96. The summed E-state index contributed by atoms with van der Waals surface area (Å²) in [4.78, 5) is 0. The highest BCUT2D eigenvalue weighted by Gasteiger charge is 1.91. The molecule has 0 saturated heterocycles. The Hall–Kier alpha value is -0.480. The largest absolute Gasteiger partial charge is 0.393 e. The zero-order valence-corrected chi connectivity index (χ0v) is 8.43. The first-order chi connectivity index (χ1) is 5.63. The van der Waals surface area contributed by atoms with Crippen molar-refractivity contribution >= 4 is 0 Å². The zero-order chi connectivity index (χ0) is 9.40. The average Bonchev–Trinajstić information content (AvgIpc) is 1.95. The van der Waals surface area contributed by atoms with Gasteiger partial charge in [-0.05, 0) is 25.7 Å². The van der Waals surface area contributed by atoms with Gasteiger partial charge in [-0.15, -0.1) is 11.8 Å². The maximum absolute atomic E-state index is 8.93. The summed E-state index contributed by atoms with van der Waals surface area (Å²) in [7, 11) is 0. The highest BCUT2D eigenvalue weighted by atomic mass is 16.3. The Balaban J connectivity index is 3.23. The summed E-state index contributed by atoms with van der Waals surface area (Å²) in [5, 5.41) is 8.93. The molecule has 0 spiro atoms. The fraction of sp³-hybridized carbons (Fsp3) is 0.818. The van der Waals surface area contributed by atoms with Crippen LogP contribution >= 0.6 is 0 Å². The van der Waals surface area contributed by atoms with Crippen LogP contribution in [0.4, 0.5) is 0 Å². The van der Waals surface area contributed by atoms with Gasteiger partial charge in [0.1, 0.15) is 0 Å². The van der Waals surface area contributed by atoms with Crippen molar-refractivity contribution < 1.29 is 5.11 Å². The summed E-state index contributed by atoms with van der Waals surface area (Å²) < 4.78 is 0. The van der Waals surface area contributed by atoms with Crippen molar-refractivity contribution in [2.45, 2.75) is 52.6 Å². The van der Waals surface area contributed by atoms with E-state index >= 15 is 0 Å². The third-order valence-electron chi connectivity index (χ3n) is 1.66. The smallest absolute Gasteiger partial charge is 0.0521 e. The Morgan fingerprint density at radius 1 is 1.00 bits per heavy atom. The molecule has 0 aliphatic heterocycles. The van der Waals surface area contributed by atoms with Crippen molar-refractivity contribution in [3.63, 3.8) is 0 Å². The van der Waals surface area contributed by atoms with Gasteiger partial charge in [0, 0.05) is 12.8 Å². The Bertz CT molecular complexity index is 132. The number of hydrogen-bond acceptors (Lipinski definition) is 1. The van der Waals surface area contributed by atoms with Crippen molar-refractivity contribution in [2.75, 3.05) is 0 Å². The zero-order valence-electron chi connectivity index (χ0n) is 8.43. The van der Waals surface area contributed by atoms with Crippen LogP contribution in [0.25, 0.3) is 0 Å². The third-order valence-corrected chi connectivity index (χ3v) is 1.66. The minimum absolute atomic E-state index is 0.204. The second kappa shape index (κ2) is 7.18. The van der Waals surface area contributed by atoms with E-state index in [-0.39, 0.29) is 6.10 Å². The van der Waals surface area contributed by atoms with E-state index in [2.05, 4.69) is 25.7 Å². The van der Waals surface area contributed by atoms with Gasteiger partial charge in [-0.3, -0.25) is 0 Å². The van der Waals surface area contributed by atoms with Gasteiger partial charge in [-0.1, -0.05) is 13.8 Å². The van der Waals surface area contributed by atoms with Crippen molar-refractivity contribution in [1.82, 2.24) is 0 Å². The van der Waals surface area contributed by atoms with Gasteiger partial charge in [-0.2, -0.15) is 0 Å². The summed E-state index contributed by atoms with van der Waals surface area (Å²) in [6.07, 6.45) is 3.60. The molecule has 0 aromatic rings. The Kier molecular flexibility index (Phi) is 6.90. The molecule has 1 heteroatoms. The molecule has 70 valence electrons. The molecule has 0 radical (unpaired) electrons. The van der Waals surface area contributed by atoms with Crippen LogP contribution < -0.4 is 0 Å². The van der Waals surface area contributed by atoms with E-state index in [4.69, 9.17) is 5.11 Å². The summed E-state index contributed by atoms with van der Waals surface area (Å²) in [5.41, 5.74) is 0. The van der Waals surface area contributed by atoms with Crippen molar-refractivity contribution in [3.8, 4) is 11.8 Å². The predicted octanol–water partition coefficient (Wildman–Crippen LogP) is 2.59. The SMILES string of the molecule is CC(C)CCC#CCCC(C)O. The van der Waals surface area contributed by atoms with Crippen LogP contribution in [0.5, 0.6) is 0 Å². The fourth-order valence-corrected chi connectivity index (χ4v) is 0.819. The molecule has 0 amide bonds. The highest BCUT2D eigenvalue weighted by Crippen LogP contribution is 2.01. The predicted molar refractivity (Wildman–Crippen MR) is 52.8 cm³/mol. The molecule has 0 aromatic heterocycles. The molecule has 0 rings (SSSR count). The molecule has 0 aliphatic carbocycles. The second-order valence-electron chi connectivity index (χ2n) is 3.67. The van der Waals surface area contributed by atoms with Crippen LogP contribution in [0.3, 0.4) is 0 Å². The Morgan fingerprint density at radius 2 is 1.50 bits per heavy atom. The van der Waals surface area contributed by atoms with E-state index in [9.17, 15) is 0 Å². The first-order valence-corrected chi connectivity index (χ1v) is 4.76. The average molecular weight is 168 g/mol. The molecule has 0 bridgehead atoms. The van der Waals surface area contributed by atoms with E-state index in [1.807, 2.05) is 0 Å². The van der Waals surface area contributed by atoms with Crippen LogP contribution in [0.2, 0.25) is 0 Å². The number of hydrogen-bond donors (Lipinski definition) is 1. The minimum atomic E-state index is -0.204. The van der Waals surface area contributed by atoms with Crippen LogP contribution in [0, 0.1) is 17.8 Å². The van der Waals surface area contributed by atoms with E-state index in [0.717, 1.165) is 25.2 Å². The lowest BCUT2D eigenvalue weighted by Gasteiger charge is -1.98. The molecule has 0 aromatic carbocycles. The van der Waals surface area contributed by atoms with Crippen LogP contribution in [-0.4, -0.2) is 11.2 Å². The van der Waals surface area contributed by atoms with Crippen molar-refractivity contribution in [3.05, 3.63) is 0 Å². The number of aliphatic hydroxyl groups is 1. The van der Waals surface area contributed by atoms with Gasteiger partial charge >= 0.3 is 0 Å². The first kappa shape index (κ1) is 11.5. The van der Waals surface area contributed by atoms with Crippen molar-refractivity contribution in [2.24, 2.45) is 5.92 Å². The molecular formula is C11H20O. The molecule has 12 heavy (non-hydrogen) atoms. The van der Waals surface area contributed by atoms with Gasteiger partial charge in [0.25, 0.3) is 0 Å². The lowest BCUT2D eigenvalue weighted by atomic mass is 10.1. The topological polar surface area (TPSA) is 20.2 Å². The molecule has 0 fully saturated rings. The van der Waals surface area contributed by atoms with Gasteiger partial charge in [0.05, 0.1) is 6.10 Å². The van der Waals surface area contributed by atoms with Gasteiger partial charge in [-0.25, -0.2) is 0 Å². The molecule has 1 atom stereocenters. The van der Waals surface area contributed by atoms with Crippen LogP contribution in [0.15, 0.2) is 0 Å². The maximum atomic E-state index is 8.93. The van der Waals surface area contributed by atoms with E-state index in [1.165, 1.54) is 6.42 Å². The number of aliphatic hydroxyl groups excluding tert-OH is 1. The summed E-state index contributed by atoms with van der Waals surface area (Å²) >= 11 is 0. The second-order valence-corrected chi connectivity index (χ2v) is 3.67. The monoisotopic (exact) mass is 168 g/mol. The minimum Gasteiger partial charge on any atom is -0.393 e. The highest BCUT2D eigenvalue weighted by molar-refractivity contribution is 4.98. The quantitative estimate of drug-likeness (QED) is 0.640. The molecule has 0 heterocycles. The summed E-state index contributed by atoms with van der Waals surface area (Å²) in [5.74, 6) is 6.92. The molecule has 0 aliphatic rings. The van der Waals surface area contributed by atoms with E-state index in [0.29, 0.717) is 0 Å². The van der Waals surface area contributed by atoms with Crippen LogP contribution in [0.1, 0.15) is 46.5 Å². The molecule has 1 unspecified atom stereocenters. The summed E-state index contributed by atoms with van der Waals surface area (Å²) in [6, 6.07) is 0. The molecule has 0 saturated carbocycles. The van der Waals surface area contributed by atoms with Crippen molar-refractivity contribution in [1.29, 1.82) is 0 Å². The standard InChI is InChI=1S/C11H20O/c1-10(2)8-6-4-5-7-9-11(3)12/h10-12H,6-9H2,1-3H3. The Morgan fingerprint density at radius 3 is 1.92 bits per heavy atom. The Labute approximate surface area is 76.2 Å². The summed E-state index contributed by atoms with van der Waals surface area (Å²) in [6.45, 7) is 6.21. The molecular weight excluding hydrogens is 148 g/mol. The van der Waals surface area contributed by atoms with Gasteiger partial charge in [0.2, 0.25) is 0 Å².